The van der Waals surface area contributed by atoms with Crippen LogP contribution in [0.3, 0.4) is 0 Å². The zero-order valence-corrected chi connectivity index (χ0v) is 24.8. The average molecular weight is 579 g/mol. The highest BCUT2D eigenvalue weighted by Gasteiger charge is 2.41. The summed E-state index contributed by atoms with van der Waals surface area (Å²) in [6.07, 6.45) is 5.61. The van der Waals surface area contributed by atoms with Crippen LogP contribution < -0.4 is 5.32 Å². The van der Waals surface area contributed by atoms with E-state index in [1.54, 1.807) is 12.1 Å². The first-order valence-electron chi connectivity index (χ1n) is 14.3. The van der Waals surface area contributed by atoms with Gasteiger partial charge in [-0.1, -0.05) is 42.4 Å². The fourth-order valence-corrected chi connectivity index (χ4v) is 6.83. The number of benzene rings is 2. The van der Waals surface area contributed by atoms with Crippen LogP contribution in [0.5, 0.6) is 0 Å². The summed E-state index contributed by atoms with van der Waals surface area (Å²) in [5, 5.41) is 12.9. The molecule has 218 valence electrons. The van der Waals surface area contributed by atoms with E-state index in [4.69, 9.17) is 5.41 Å². The Bertz CT molecular complexity index is 1310. The quantitative estimate of drug-likeness (QED) is 0.337. The van der Waals surface area contributed by atoms with Crippen molar-refractivity contribution in [3.63, 3.8) is 0 Å². The van der Waals surface area contributed by atoms with Crippen LogP contribution in [-0.2, 0) is 11.3 Å². The predicted molar refractivity (Wildman–Crippen MR) is 160 cm³/mol. The number of carbonyl (C=O) groups is 2. The molecular formula is C31H39FN6O2S. The van der Waals surface area contributed by atoms with Gasteiger partial charge in [-0.25, -0.2) is 9.18 Å². The number of nitrogens with one attached hydrogen (secondary N) is 2. The van der Waals surface area contributed by atoms with E-state index in [9.17, 15) is 14.0 Å². The van der Waals surface area contributed by atoms with Gasteiger partial charge in [0.25, 0.3) is 5.91 Å². The van der Waals surface area contributed by atoms with E-state index in [2.05, 4.69) is 46.4 Å². The Labute approximate surface area is 246 Å². The minimum atomic E-state index is -0.524. The van der Waals surface area contributed by atoms with Crippen molar-refractivity contribution in [2.75, 3.05) is 40.8 Å². The van der Waals surface area contributed by atoms with Crippen molar-refractivity contribution in [1.82, 2.24) is 24.9 Å². The van der Waals surface area contributed by atoms with E-state index < -0.39 is 11.9 Å². The lowest BCUT2D eigenvalue weighted by Crippen LogP contribution is -2.57. The molecule has 0 radical (unpaired) electrons. The van der Waals surface area contributed by atoms with Crippen LogP contribution in [0.4, 0.5) is 9.18 Å². The molecule has 0 spiro atoms. The Morgan fingerprint density at radius 2 is 1.66 bits per heavy atom. The van der Waals surface area contributed by atoms with E-state index in [0.29, 0.717) is 24.2 Å². The fourth-order valence-electron chi connectivity index (χ4n) is 5.89. The molecule has 2 aromatic rings. The van der Waals surface area contributed by atoms with Gasteiger partial charge in [0.2, 0.25) is 0 Å². The summed E-state index contributed by atoms with van der Waals surface area (Å²) in [7, 11) is 5.66. The lowest BCUT2D eigenvalue weighted by molar-refractivity contribution is -0.123. The fraction of sp³-hybridized carbons (Fsp3) is 0.452. The van der Waals surface area contributed by atoms with E-state index in [1.165, 1.54) is 54.2 Å². The molecule has 10 heteroatoms. The molecule has 3 aliphatic heterocycles. The van der Waals surface area contributed by atoms with Gasteiger partial charge in [-0.15, -0.1) is 0 Å². The summed E-state index contributed by atoms with van der Waals surface area (Å²) in [6, 6.07) is 14.6. The third-order valence-corrected chi connectivity index (χ3v) is 9.52. The second-order valence-corrected chi connectivity index (χ2v) is 12.3. The van der Waals surface area contributed by atoms with Crippen LogP contribution in [0.25, 0.3) is 0 Å². The van der Waals surface area contributed by atoms with Gasteiger partial charge in [-0.2, -0.15) is 0 Å². The molecule has 3 fully saturated rings. The predicted octanol–water partition coefficient (Wildman–Crippen LogP) is 5.04. The number of amides is 3. The smallest absolute Gasteiger partial charge is 0.332 e. The van der Waals surface area contributed by atoms with Crippen molar-refractivity contribution < 1.29 is 14.0 Å². The zero-order chi connectivity index (χ0) is 29.1. The molecule has 2 N–H and O–H groups in total. The molecule has 0 aromatic heterocycles. The number of carbonyl (C=O) groups excluding carboxylic acids is 2. The number of likely N-dealkylation sites (tertiary alicyclic amines) is 2. The minimum Gasteiger partial charge on any atom is -0.375 e. The van der Waals surface area contributed by atoms with Crippen LogP contribution in [0.15, 0.2) is 64.0 Å². The van der Waals surface area contributed by atoms with Crippen LogP contribution in [0, 0.1) is 11.2 Å². The Morgan fingerprint density at radius 3 is 2.32 bits per heavy atom. The summed E-state index contributed by atoms with van der Waals surface area (Å²) in [5.41, 5.74) is 2.48. The Balaban J connectivity index is 1.42. The molecule has 0 saturated carbocycles. The van der Waals surface area contributed by atoms with E-state index in [0.717, 1.165) is 47.7 Å². The molecule has 0 bridgehead atoms. The number of hydrogen-bond donors (Lipinski definition) is 2. The SMILES string of the molecule is CN1C(=O)/C(=C(/NCc2ccc(C3CCCCN3C)cc2)Sc2ccc(F)cc2)C(=N)N(CC2CCCN2C)C1=O. The molecule has 2 atom stereocenters. The molecule has 3 heterocycles. The van der Waals surface area contributed by atoms with Crippen molar-refractivity contribution in [3.05, 3.63) is 76.1 Å². The maximum Gasteiger partial charge on any atom is 0.332 e. The lowest BCUT2D eigenvalue weighted by atomic mass is 9.95. The van der Waals surface area contributed by atoms with Crippen molar-refractivity contribution in [2.24, 2.45) is 0 Å². The third kappa shape index (κ3) is 6.50. The molecule has 3 aliphatic rings. The van der Waals surface area contributed by atoms with Crippen LogP contribution in [0.1, 0.15) is 49.3 Å². The number of piperidine rings is 1. The van der Waals surface area contributed by atoms with Gasteiger partial charge < -0.3 is 10.2 Å². The number of likely N-dealkylation sites (N-methyl/N-ethyl adjacent to an activating group) is 2. The van der Waals surface area contributed by atoms with E-state index in [-0.39, 0.29) is 23.3 Å². The monoisotopic (exact) mass is 578 g/mol. The van der Waals surface area contributed by atoms with Gasteiger partial charge in [0, 0.05) is 37.1 Å². The highest BCUT2D eigenvalue weighted by molar-refractivity contribution is 8.03. The molecule has 2 aromatic carbocycles. The van der Waals surface area contributed by atoms with Crippen molar-refractivity contribution >= 4 is 29.5 Å². The summed E-state index contributed by atoms with van der Waals surface area (Å²) >= 11 is 1.26. The molecule has 3 saturated heterocycles. The normalized spacial score (nSPS) is 23.9. The number of thioether (sulfide) groups is 1. The molecule has 0 aliphatic carbocycles. The molecule has 8 nitrogen and oxygen atoms in total. The Hall–Kier alpha value is -3.21. The van der Waals surface area contributed by atoms with Crippen molar-refractivity contribution in [2.45, 2.75) is 55.6 Å². The second kappa shape index (κ2) is 12.8. The summed E-state index contributed by atoms with van der Waals surface area (Å²) in [5.74, 6) is -0.978. The van der Waals surface area contributed by atoms with E-state index >= 15 is 0 Å². The van der Waals surface area contributed by atoms with Crippen molar-refractivity contribution in [1.29, 1.82) is 5.41 Å². The molecule has 5 rings (SSSR count). The van der Waals surface area contributed by atoms with Crippen LogP contribution in [-0.4, -0.2) is 84.2 Å². The maximum atomic E-state index is 13.7. The number of rotatable bonds is 8. The largest absolute Gasteiger partial charge is 0.375 e. The summed E-state index contributed by atoms with van der Waals surface area (Å²) in [6.45, 7) is 2.83. The highest BCUT2D eigenvalue weighted by Crippen LogP contribution is 2.33. The number of halogens is 1. The van der Waals surface area contributed by atoms with Gasteiger partial charge >= 0.3 is 6.03 Å². The first-order valence-corrected chi connectivity index (χ1v) is 15.1. The number of hydrogen-bond acceptors (Lipinski definition) is 7. The number of amidine groups is 1. The zero-order valence-electron chi connectivity index (χ0n) is 24.0. The van der Waals surface area contributed by atoms with Gasteiger partial charge in [-0.05, 0) is 88.3 Å². The van der Waals surface area contributed by atoms with Crippen molar-refractivity contribution in [3.8, 4) is 0 Å². The highest BCUT2D eigenvalue weighted by atomic mass is 32.2. The average Bonchev–Trinajstić information content (AvgIpc) is 3.38. The maximum absolute atomic E-state index is 13.7. The standard InChI is InChI=1S/C31H39FN6O2S/c1-35-18-6-7-24(35)20-38-28(33)27(30(39)37(3)31(38)40)29(41-25-15-13-23(32)14-16-25)34-19-21-9-11-22(12-10-21)26-8-4-5-17-36(26)2/h9-16,24,26,33-34H,4-8,17-20H2,1-3H3/b29-27-,33-28?. The second-order valence-electron chi connectivity index (χ2n) is 11.2. The summed E-state index contributed by atoms with van der Waals surface area (Å²) in [4.78, 5) is 34.5. The molecular weight excluding hydrogens is 539 g/mol. The minimum absolute atomic E-state index is 0.105. The molecule has 3 amide bonds. The first kappa shape index (κ1) is 29.3. The van der Waals surface area contributed by atoms with E-state index in [1.807, 2.05) is 7.05 Å². The molecule has 41 heavy (non-hydrogen) atoms. The van der Waals surface area contributed by atoms with Crippen LogP contribution >= 0.6 is 11.8 Å². The summed E-state index contributed by atoms with van der Waals surface area (Å²) < 4.78 is 13.7. The van der Waals surface area contributed by atoms with Crippen LogP contribution in [0.2, 0.25) is 0 Å². The Kier molecular flexibility index (Phi) is 9.11. The lowest BCUT2D eigenvalue weighted by Gasteiger charge is -2.37. The number of nitrogens with zero attached hydrogens (tertiary/aromatic N) is 4. The van der Waals surface area contributed by atoms with Gasteiger partial charge in [0.05, 0.1) is 5.03 Å². The third-order valence-electron chi connectivity index (χ3n) is 8.46. The molecule has 2 unspecified atom stereocenters. The van der Waals surface area contributed by atoms with Gasteiger partial charge in [0.1, 0.15) is 17.2 Å². The first-order chi connectivity index (χ1) is 19.7. The number of imide groups is 1. The van der Waals surface area contributed by atoms with Gasteiger partial charge in [-0.3, -0.25) is 24.9 Å². The number of urea groups is 1. The Morgan fingerprint density at radius 1 is 0.951 bits per heavy atom. The topological polar surface area (TPSA) is 83.0 Å². The van der Waals surface area contributed by atoms with Gasteiger partial charge in [0.15, 0.2) is 0 Å².